The van der Waals surface area contributed by atoms with Crippen molar-refractivity contribution in [1.82, 2.24) is 9.13 Å². The third kappa shape index (κ3) is 4.02. The Bertz CT molecular complexity index is 1440. The summed E-state index contributed by atoms with van der Waals surface area (Å²) in [6.07, 6.45) is 7.19. The average Bonchev–Trinajstić information content (AvgIpc) is 3.37. The number of imidazole rings is 2. The van der Waals surface area contributed by atoms with Gasteiger partial charge >= 0.3 is 21.1 Å². The maximum Gasteiger partial charge on any atom is 4.00 e. The maximum atomic E-state index is 3.65. The first-order valence-corrected chi connectivity index (χ1v) is 11.6. The van der Waals surface area contributed by atoms with Crippen molar-refractivity contribution in [2.45, 2.75) is 26.2 Å². The molecule has 0 radical (unpaired) electrons. The molecular weight excluding hydrogens is 611 g/mol. The van der Waals surface area contributed by atoms with E-state index in [1.54, 1.807) is 0 Å². The Labute approximate surface area is 219 Å². The molecule has 4 aromatic carbocycles. The van der Waals surface area contributed by atoms with E-state index < -0.39 is 0 Å². The van der Waals surface area contributed by atoms with E-state index in [4.69, 9.17) is 0 Å². The quantitative estimate of drug-likeness (QED) is 0.178. The van der Waals surface area contributed by atoms with Crippen LogP contribution in [0.3, 0.4) is 0 Å². The smallest absolute Gasteiger partial charge is 0.342 e. The summed E-state index contributed by atoms with van der Waals surface area (Å²) in [5.41, 5.74) is 9.27. The Kier molecular flexibility index (Phi) is 5.62. The molecule has 1 aliphatic heterocycles. The van der Waals surface area contributed by atoms with Crippen molar-refractivity contribution < 1.29 is 30.2 Å². The molecule has 7 rings (SSSR count). The van der Waals surface area contributed by atoms with E-state index in [9.17, 15) is 0 Å². The van der Waals surface area contributed by atoms with Gasteiger partial charge < -0.3 is 18.3 Å². The standard InChI is InChI=1S/C30H22N4.Pt/c1-2-12-28-27(11-1)31-17-23-7-5-9-25(15-23)19-33-22-34(30-14-4-3-13-29(30)33)20-26-10-6-8-24(16-26)18-32(28)21-31;/h1-14H,17-20H2;/q-2;+4. The molecule has 0 atom stereocenters. The number of benzene rings is 4. The largest absolute Gasteiger partial charge is 4.00 e. The Hall–Kier alpha value is -3.49. The first-order chi connectivity index (χ1) is 16.8. The van der Waals surface area contributed by atoms with E-state index in [1.165, 1.54) is 22.1 Å². The summed E-state index contributed by atoms with van der Waals surface area (Å²) < 4.78 is 8.80. The minimum atomic E-state index is 0. The summed E-state index contributed by atoms with van der Waals surface area (Å²) >= 11 is 0. The fourth-order valence-corrected chi connectivity index (χ4v) is 5.02. The van der Waals surface area contributed by atoms with Crippen LogP contribution < -0.4 is 9.13 Å². The number of aromatic nitrogens is 4. The second-order valence-corrected chi connectivity index (χ2v) is 8.92. The molecule has 0 amide bonds. The average molecular weight is 634 g/mol. The van der Waals surface area contributed by atoms with Gasteiger partial charge in [0.05, 0.1) is 26.2 Å². The van der Waals surface area contributed by atoms with Crippen molar-refractivity contribution in [2.24, 2.45) is 0 Å². The van der Waals surface area contributed by atoms with Crippen LogP contribution in [-0.4, -0.2) is 9.13 Å². The molecule has 0 aliphatic carbocycles. The van der Waals surface area contributed by atoms with E-state index in [2.05, 4.69) is 128 Å². The Morgan fingerprint density at radius 1 is 0.514 bits per heavy atom. The van der Waals surface area contributed by atoms with Crippen LogP contribution in [-0.2, 0) is 47.2 Å². The van der Waals surface area contributed by atoms with Gasteiger partial charge in [0.15, 0.2) is 0 Å². The zero-order valence-corrected chi connectivity index (χ0v) is 21.3. The number of nitrogens with zero attached hydrogens (tertiary/aromatic N) is 4. The summed E-state index contributed by atoms with van der Waals surface area (Å²) in [5, 5.41) is 0. The zero-order valence-electron chi connectivity index (χ0n) is 19.0. The predicted octanol–water partition coefficient (Wildman–Crippen LogP) is 3.88. The van der Waals surface area contributed by atoms with Crippen LogP contribution in [0.15, 0.2) is 84.9 Å². The van der Waals surface area contributed by atoms with Crippen LogP contribution in [0.5, 0.6) is 0 Å². The molecule has 3 heterocycles. The van der Waals surface area contributed by atoms with Gasteiger partial charge in [-0.05, 0) is 0 Å². The molecular formula is C30H22N4Pt+2. The monoisotopic (exact) mass is 633 g/mol. The van der Waals surface area contributed by atoms with Gasteiger partial charge in [-0.3, -0.25) is 0 Å². The van der Waals surface area contributed by atoms with Crippen molar-refractivity contribution in [3.8, 4) is 0 Å². The van der Waals surface area contributed by atoms with Crippen LogP contribution in [0.1, 0.15) is 22.3 Å². The van der Waals surface area contributed by atoms with Crippen LogP contribution in [0.2, 0.25) is 0 Å². The normalized spacial score (nSPS) is 13.0. The van der Waals surface area contributed by atoms with Crippen molar-refractivity contribution in [3.63, 3.8) is 0 Å². The number of fused-ring (bicyclic) bond motifs is 14. The fraction of sp³-hybridized carbons (Fsp3) is 0.133. The van der Waals surface area contributed by atoms with Gasteiger partial charge in [-0.25, -0.2) is 0 Å². The summed E-state index contributed by atoms with van der Waals surface area (Å²) in [7, 11) is 0. The van der Waals surface area contributed by atoms with Crippen LogP contribution in [0.25, 0.3) is 22.1 Å². The molecule has 35 heavy (non-hydrogen) atoms. The van der Waals surface area contributed by atoms with Gasteiger partial charge in [-0.15, -0.1) is 22.3 Å². The topological polar surface area (TPSA) is 17.6 Å². The molecule has 5 heteroatoms. The minimum absolute atomic E-state index is 0. The number of hydrogen-bond acceptors (Lipinski definition) is 0. The van der Waals surface area contributed by atoms with Crippen LogP contribution in [0, 0.1) is 24.8 Å². The summed E-state index contributed by atoms with van der Waals surface area (Å²) in [4.78, 5) is 0. The molecule has 2 aromatic heterocycles. The van der Waals surface area contributed by atoms with Crippen molar-refractivity contribution in [1.29, 1.82) is 0 Å². The summed E-state index contributed by atoms with van der Waals surface area (Å²) in [6, 6.07) is 37.2. The SMILES string of the molecule is [Pt+4].[c-]1c2cccc1Cn1[c-][n+](c3ccccc31)Cc1[c-]c(ccc1)C[n+]1[c-]n(c3ccccc31)C2. The van der Waals surface area contributed by atoms with Crippen LogP contribution >= 0.6 is 0 Å². The molecule has 4 nitrogen and oxygen atoms in total. The van der Waals surface area contributed by atoms with Gasteiger partial charge in [-0.2, -0.15) is 48.5 Å². The van der Waals surface area contributed by atoms with E-state index >= 15 is 0 Å². The second kappa shape index (κ2) is 8.94. The molecule has 0 unspecified atom stereocenters. The Morgan fingerprint density at radius 3 is 1.46 bits per heavy atom. The molecule has 0 fully saturated rings. The predicted molar refractivity (Wildman–Crippen MR) is 129 cm³/mol. The first-order valence-electron chi connectivity index (χ1n) is 11.6. The molecule has 170 valence electrons. The van der Waals surface area contributed by atoms with Gasteiger partial charge in [0.25, 0.3) is 0 Å². The molecule has 0 saturated carbocycles. The molecule has 0 spiro atoms. The van der Waals surface area contributed by atoms with Gasteiger partial charge in [0.1, 0.15) is 0 Å². The summed E-state index contributed by atoms with van der Waals surface area (Å²) in [5.74, 6) is 0. The minimum Gasteiger partial charge on any atom is -0.342 e. The van der Waals surface area contributed by atoms with E-state index in [0.29, 0.717) is 0 Å². The molecule has 0 saturated heterocycles. The first kappa shape index (κ1) is 22.0. The van der Waals surface area contributed by atoms with Gasteiger partial charge in [0.2, 0.25) is 12.7 Å². The van der Waals surface area contributed by atoms with E-state index in [1.807, 2.05) is 0 Å². The molecule has 0 N–H and O–H groups in total. The Balaban J connectivity index is 0.00000229. The second-order valence-electron chi connectivity index (χ2n) is 8.92. The Morgan fingerprint density at radius 2 is 0.943 bits per heavy atom. The fourth-order valence-electron chi connectivity index (χ4n) is 5.02. The molecule has 8 bridgehead atoms. The molecule has 6 aromatic rings. The number of rotatable bonds is 0. The molecule has 1 aliphatic rings. The number of hydrogen-bond donors (Lipinski definition) is 0. The third-order valence-corrected chi connectivity index (χ3v) is 6.56. The van der Waals surface area contributed by atoms with Crippen molar-refractivity contribution in [3.05, 3.63) is 132 Å². The van der Waals surface area contributed by atoms with E-state index in [-0.39, 0.29) is 21.1 Å². The third-order valence-electron chi connectivity index (χ3n) is 6.56. The van der Waals surface area contributed by atoms with Gasteiger partial charge in [-0.1, -0.05) is 48.5 Å². The van der Waals surface area contributed by atoms with Gasteiger partial charge in [0, 0.05) is 22.1 Å². The van der Waals surface area contributed by atoms with Crippen molar-refractivity contribution >= 4 is 22.1 Å². The summed E-state index contributed by atoms with van der Waals surface area (Å²) in [6.45, 7) is 2.89. The van der Waals surface area contributed by atoms with E-state index in [0.717, 1.165) is 48.4 Å². The number of para-hydroxylation sites is 4. The zero-order chi connectivity index (χ0) is 22.5. The van der Waals surface area contributed by atoms with Crippen molar-refractivity contribution in [2.75, 3.05) is 0 Å². The van der Waals surface area contributed by atoms with Crippen LogP contribution in [0.4, 0.5) is 0 Å². The maximum absolute atomic E-state index is 3.65.